The van der Waals surface area contributed by atoms with Crippen molar-refractivity contribution in [1.82, 2.24) is 9.80 Å². The molecule has 0 N–H and O–H groups in total. The lowest BCUT2D eigenvalue weighted by atomic mass is 9.79. The maximum absolute atomic E-state index is 13.6. The first kappa shape index (κ1) is 19.5. The minimum Gasteiger partial charge on any atom is -0.319 e. The van der Waals surface area contributed by atoms with Crippen molar-refractivity contribution in [3.05, 3.63) is 60.2 Å². The van der Waals surface area contributed by atoms with Gasteiger partial charge in [-0.3, -0.25) is 9.59 Å². The second-order valence-corrected chi connectivity index (χ2v) is 11.4. The third-order valence-electron chi connectivity index (χ3n) is 6.68. The van der Waals surface area contributed by atoms with Gasteiger partial charge in [0.25, 0.3) is 11.8 Å². The van der Waals surface area contributed by atoms with Gasteiger partial charge in [-0.15, -0.1) is 0 Å². The third kappa shape index (κ3) is 2.32. The van der Waals surface area contributed by atoms with Crippen LogP contribution in [0.25, 0.3) is 11.1 Å². The summed E-state index contributed by atoms with van der Waals surface area (Å²) in [6.07, 6.45) is 0.324. The molecule has 4 aliphatic heterocycles. The number of carbonyl (C=O) groups excluding carboxylic acids is 2. The zero-order valence-corrected chi connectivity index (χ0v) is 18.6. The number of carbonyl (C=O) groups is 2. The van der Waals surface area contributed by atoms with Crippen LogP contribution in [-0.2, 0) is 9.59 Å². The standard InChI is InChI=1S/C23H21N3O2S2/c1-21(14-24)13-23-20(28)25(3)22(2,29-30-23)19(27)26(23)18(21)17-11-9-16(10-12-17)15-7-5-4-6-8-15/h4-12,18H,13H2,1-3H3/t18?,21-,22+,23+/m1/s1. The molecule has 30 heavy (non-hydrogen) atoms. The van der Waals surface area contributed by atoms with E-state index in [4.69, 9.17) is 0 Å². The van der Waals surface area contributed by atoms with Crippen LogP contribution < -0.4 is 0 Å². The molecule has 1 unspecified atom stereocenters. The van der Waals surface area contributed by atoms with E-state index in [2.05, 4.69) is 18.2 Å². The Bertz CT molecular complexity index is 1100. The van der Waals surface area contributed by atoms with Crippen LogP contribution >= 0.6 is 21.6 Å². The van der Waals surface area contributed by atoms with Gasteiger partial charge in [-0.2, -0.15) is 5.26 Å². The van der Waals surface area contributed by atoms with E-state index < -0.39 is 21.2 Å². The molecule has 4 aliphatic rings. The summed E-state index contributed by atoms with van der Waals surface area (Å²) in [7, 11) is 4.56. The van der Waals surface area contributed by atoms with E-state index in [1.165, 1.54) is 21.6 Å². The molecule has 4 atom stereocenters. The van der Waals surface area contributed by atoms with Gasteiger partial charge in [0.05, 0.1) is 17.5 Å². The molecule has 4 saturated heterocycles. The number of rotatable bonds is 2. The van der Waals surface area contributed by atoms with Crippen LogP contribution in [0.3, 0.4) is 0 Å². The number of benzene rings is 2. The van der Waals surface area contributed by atoms with Gasteiger partial charge in [0.15, 0.2) is 9.74 Å². The van der Waals surface area contributed by atoms with Crippen molar-refractivity contribution in [3.63, 3.8) is 0 Å². The summed E-state index contributed by atoms with van der Waals surface area (Å²) in [6.45, 7) is 3.67. The van der Waals surface area contributed by atoms with Gasteiger partial charge < -0.3 is 9.80 Å². The van der Waals surface area contributed by atoms with Crippen LogP contribution in [0, 0.1) is 16.7 Å². The minimum absolute atomic E-state index is 0.0850. The number of likely N-dealkylation sites (N-methyl/N-ethyl adjacent to an activating group) is 1. The fraction of sp³-hybridized carbons (Fsp3) is 0.348. The molecule has 0 radical (unpaired) electrons. The van der Waals surface area contributed by atoms with Crippen LogP contribution in [0.5, 0.6) is 0 Å². The topological polar surface area (TPSA) is 64.4 Å². The van der Waals surface area contributed by atoms with Gasteiger partial charge in [0.2, 0.25) is 0 Å². The van der Waals surface area contributed by atoms with E-state index >= 15 is 0 Å². The molecule has 4 fully saturated rings. The first-order valence-electron chi connectivity index (χ1n) is 9.82. The summed E-state index contributed by atoms with van der Waals surface area (Å²) >= 11 is 0. The molecular weight excluding hydrogens is 414 g/mol. The van der Waals surface area contributed by atoms with Gasteiger partial charge in [0, 0.05) is 13.5 Å². The molecular formula is C23H21N3O2S2. The van der Waals surface area contributed by atoms with E-state index in [1.54, 1.807) is 23.8 Å². The van der Waals surface area contributed by atoms with Crippen molar-refractivity contribution >= 4 is 33.4 Å². The summed E-state index contributed by atoms with van der Waals surface area (Å²) in [5.74, 6) is -0.178. The first-order chi connectivity index (χ1) is 14.3. The van der Waals surface area contributed by atoms with Crippen molar-refractivity contribution in [3.8, 4) is 17.2 Å². The second-order valence-electron chi connectivity index (χ2n) is 8.57. The molecule has 2 bridgehead atoms. The van der Waals surface area contributed by atoms with Crippen molar-refractivity contribution in [2.75, 3.05) is 7.05 Å². The van der Waals surface area contributed by atoms with E-state index in [9.17, 15) is 14.9 Å². The van der Waals surface area contributed by atoms with Gasteiger partial charge in [-0.1, -0.05) is 76.2 Å². The normalized spacial score (nSPS) is 34.8. The van der Waals surface area contributed by atoms with Crippen molar-refractivity contribution in [1.29, 1.82) is 5.26 Å². The Morgan fingerprint density at radius 3 is 2.23 bits per heavy atom. The molecule has 1 spiro atoms. The van der Waals surface area contributed by atoms with E-state index in [0.717, 1.165) is 16.7 Å². The van der Waals surface area contributed by atoms with E-state index in [0.29, 0.717) is 6.42 Å². The highest BCUT2D eigenvalue weighted by atomic mass is 33.1. The Balaban J connectivity index is 1.62. The monoisotopic (exact) mass is 435 g/mol. The number of hydrogen-bond acceptors (Lipinski definition) is 5. The Hall–Kier alpha value is -2.43. The summed E-state index contributed by atoms with van der Waals surface area (Å²) in [5, 5.41) is 10.1. The Kier molecular flexibility index (Phi) is 4.09. The number of hydrogen-bond donors (Lipinski definition) is 0. The lowest BCUT2D eigenvalue weighted by molar-refractivity contribution is -0.164. The first-order valence-corrected chi connectivity index (χ1v) is 12.0. The molecule has 0 aliphatic carbocycles. The maximum atomic E-state index is 13.6. The number of fused-ring (bicyclic) bond motifs is 2. The molecule has 5 nitrogen and oxygen atoms in total. The van der Waals surface area contributed by atoms with Crippen molar-refractivity contribution < 1.29 is 9.59 Å². The maximum Gasteiger partial charge on any atom is 0.261 e. The predicted octanol–water partition coefficient (Wildman–Crippen LogP) is 4.44. The highest BCUT2D eigenvalue weighted by Gasteiger charge is 2.74. The highest BCUT2D eigenvalue weighted by Crippen LogP contribution is 2.69. The van der Waals surface area contributed by atoms with Crippen LogP contribution in [-0.4, -0.2) is 38.4 Å². The summed E-state index contributed by atoms with van der Waals surface area (Å²) in [4.78, 5) is 28.3. The fourth-order valence-electron chi connectivity index (χ4n) is 4.91. The number of nitrogens with zero attached hydrogens (tertiary/aromatic N) is 3. The lowest BCUT2D eigenvalue weighted by Gasteiger charge is -2.57. The molecule has 0 aromatic heterocycles. The van der Waals surface area contributed by atoms with Gasteiger partial charge in [-0.05, 0) is 30.5 Å². The molecule has 7 heteroatoms. The molecule has 2 aromatic carbocycles. The second kappa shape index (κ2) is 6.29. The number of piperazine rings is 1. The zero-order chi connectivity index (χ0) is 21.3. The van der Waals surface area contributed by atoms with Crippen molar-refractivity contribution in [2.24, 2.45) is 5.41 Å². The number of amides is 2. The summed E-state index contributed by atoms with van der Waals surface area (Å²) in [5.41, 5.74) is 2.22. The third-order valence-corrected chi connectivity index (χ3v) is 10.4. The molecule has 2 amide bonds. The Labute approximate surface area is 183 Å². The molecule has 4 heterocycles. The quantitative estimate of drug-likeness (QED) is 0.653. The van der Waals surface area contributed by atoms with E-state index in [1.807, 2.05) is 49.4 Å². The predicted molar refractivity (Wildman–Crippen MR) is 119 cm³/mol. The van der Waals surface area contributed by atoms with Gasteiger partial charge in [-0.25, -0.2) is 0 Å². The van der Waals surface area contributed by atoms with Crippen LogP contribution in [0.15, 0.2) is 54.6 Å². The minimum atomic E-state index is -1.03. The van der Waals surface area contributed by atoms with Crippen molar-refractivity contribution in [2.45, 2.75) is 36.1 Å². The highest BCUT2D eigenvalue weighted by molar-refractivity contribution is 8.78. The summed E-state index contributed by atoms with van der Waals surface area (Å²) in [6, 6.07) is 20.1. The van der Waals surface area contributed by atoms with Crippen LogP contribution in [0.2, 0.25) is 0 Å². The largest absolute Gasteiger partial charge is 0.319 e. The Morgan fingerprint density at radius 2 is 1.60 bits per heavy atom. The molecule has 0 saturated carbocycles. The van der Waals surface area contributed by atoms with Crippen LogP contribution in [0.4, 0.5) is 0 Å². The Morgan fingerprint density at radius 1 is 0.967 bits per heavy atom. The van der Waals surface area contributed by atoms with E-state index in [-0.39, 0.29) is 11.8 Å². The SMILES string of the molecule is CN1C(=O)[C@@]23C[C@](C)(C#N)C(c4ccc(-c5ccccc5)cc4)N2C(=O)[C@]1(C)SS3. The lowest BCUT2D eigenvalue weighted by Crippen LogP contribution is -2.73. The average Bonchev–Trinajstić information content (AvgIpc) is 3.06. The summed E-state index contributed by atoms with van der Waals surface area (Å²) < 4.78 is 0. The average molecular weight is 436 g/mol. The number of nitriles is 1. The van der Waals surface area contributed by atoms with Gasteiger partial charge in [0.1, 0.15) is 0 Å². The van der Waals surface area contributed by atoms with Crippen LogP contribution in [0.1, 0.15) is 31.9 Å². The molecule has 152 valence electrons. The van der Waals surface area contributed by atoms with Gasteiger partial charge >= 0.3 is 0 Å². The molecule has 6 rings (SSSR count). The smallest absolute Gasteiger partial charge is 0.261 e. The molecule has 2 aromatic rings. The zero-order valence-electron chi connectivity index (χ0n) is 17.0. The fourth-order valence-corrected chi connectivity index (χ4v) is 8.49.